The molecule has 4 heteroatoms. The van der Waals surface area contributed by atoms with E-state index in [9.17, 15) is 9.18 Å². The Bertz CT molecular complexity index is 559. The van der Waals surface area contributed by atoms with E-state index in [1.807, 2.05) is 18.2 Å². The van der Waals surface area contributed by atoms with Crippen molar-refractivity contribution in [2.75, 3.05) is 11.1 Å². The van der Waals surface area contributed by atoms with Crippen LogP contribution < -0.4 is 5.32 Å². The largest absolute Gasteiger partial charge is 0.324 e. The minimum atomic E-state index is -0.405. The van der Waals surface area contributed by atoms with Crippen LogP contribution in [0.4, 0.5) is 10.1 Å². The fourth-order valence-corrected chi connectivity index (χ4v) is 2.61. The van der Waals surface area contributed by atoms with Gasteiger partial charge in [-0.15, -0.1) is 0 Å². The van der Waals surface area contributed by atoms with Crippen LogP contribution in [-0.4, -0.2) is 11.7 Å². The van der Waals surface area contributed by atoms with Gasteiger partial charge in [0.25, 0.3) is 0 Å². The zero-order valence-corrected chi connectivity index (χ0v) is 11.8. The second-order valence-electron chi connectivity index (χ2n) is 4.32. The summed E-state index contributed by atoms with van der Waals surface area (Å²) >= 11 is 1.69. The Kier molecular flexibility index (Phi) is 5.62. The van der Waals surface area contributed by atoms with E-state index < -0.39 is 5.82 Å². The maximum Gasteiger partial charge on any atom is 0.225 e. The molecular weight excluding hydrogens is 273 g/mol. The molecule has 2 rings (SSSR count). The van der Waals surface area contributed by atoms with Crippen molar-refractivity contribution in [2.45, 2.75) is 12.2 Å². The van der Waals surface area contributed by atoms with E-state index in [2.05, 4.69) is 17.4 Å². The normalized spacial score (nSPS) is 10.2. The third kappa shape index (κ3) is 4.70. The molecule has 0 aromatic heterocycles. The van der Waals surface area contributed by atoms with Crippen molar-refractivity contribution in [3.05, 3.63) is 66.0 Å². The minimum absolute atomic E-state index is 0.157. The van der Waals surface area contributed by atoms with Gasteiger partial charge in [-0.2, -0.15) is 11.8 Å². The number of anilines is 1. The number of rotatable bonds is 6. The first-order valence-corrected chi connectivity index (χ1v) is 7.57. The van der Waals surface area contributed by atoms with E-state index in [1.54, 1.807) is 30.0 Å². The number of amides is 1. The molecule has 0 unspecified atom stereocenters. The van der Waals surface area contributed by atoms with Gasteiger partial charge in [-0.3, -0.25) is 4.79 Å². The highest BCUT2D eigenvalue weighted by molar-refractivity contribution is 7.98. The molecule has 0 saturated carbocycles. The van der Waals surface area contributed by atoms with E-state index in [1.165, 1.54) is 11.6 Å². The number of hydrogen-bond donors (Lipinski definition) is 1. The first-order valence-electron chi connectivity index (χ1n) is 6.42. The van der Waals surface area contributed by atoms with Crippen molar-refractivity contribution in [3.63, 3.8) is 0 Å². The van der Waals surface area contributed by atoms with Crippen LogP contribution in [0.25, 0.3) is 0 Å². The number of halogens is 1. The van der Waals surface area contributed by atoms with Gasteiger partial charge in [0.2, 0.25) is 5.91 Å². The number of carbonyl (C=O) groups excluding carboxylic acids is 1. The van der Waals surface area contributed by atoms with Crippen molar-refractivity contribution in [1.82, 2.24) is 0 Å². The number of benzene rings is 2. The molecule has 0 radical (unpaired) electrons. The Morgan fingerprint density at radius 3 is 2.50 bits per heavy atom. The molecule has 0 heterocycles. The van der Waals surface area contributed by atoms with E-state index >= 15 is 0 Å². The minimum Gasteiger partial charge on any atom is -0.324 e. The fourth-order valence-electron chi connectivity index (χ4n) is 1.70. The molecule has 0 aliphatic rings. The lowest BCUT2D eigenvalue weighted by atomic mass is 10.2. The molecule has 0 spiro atoms. The highest BCUT2D eigenvalue weighted by atomic mass is 32.2. The number of nitrogens with one attached hydrogen (secondary N) is 1. The van der Waals surface area contributed by atoms with E-state index in [4.69, 9.17) is 0 Å². The number of hydrogen-bond acceptors (Lipinski definition) is 2. The van der Waals surface area contributed by atoms with Crippen molar-refractivity contribution in [3.8, 4) is 0 Å². The number of thioether (sulfide) groups is 1. The average Bonchev–Trinajstić information content (AvgIpc) is 2.47. The van der Waals surface area contributed by atoms with Crippen LogP contribution in [0.2, 0.25) is 0 Å². The predicted molar refractivity (Wildman–Crippen MR) is 82.3 cm³/mol. The van der Waals surface area contributed by atoms with Gasteiger partial charge in [0.15, 0.2) is 0 Å². The van der Waals surface area contributed by atoms with Gasteiger partial charge in [0, 0.05) is 17.9 Å². The van der Waals surface area contributed by atoms with Gasteiger partial charge < -0.3 is 5.32 Å². The summed E-state index contributed by atoms with van der Waals surface area (Å²) in [7, 11) is 0. The third-order valence-electron chi connectivity index (χ3n) is 2.73. The summed E-state index contributed by atoms with van der Waals surface area (Å²) in [6.45, 7) is 0. The summed E-state index contributed by atoms with van der Waals surface area (Å²) in [5, 5.41) is 2.58. The Morgan fingerprint density at radius 1 is 1.05 bits per heavy atom. The number of para-hydroxylation sites is 1. The Labute approximate surface area is 122 Å². The van der Waals surface area contributed by atoms with Crippen molar-refractivity contribution < 1.29 is 9.18 Å². The summed E-state index contributed by atoms with van der Waals surface area (Å²) in [5.41, 5.74) is 1.48. The maximum atomic E-state index is 13.3. The molecule has 2 nitrogen and oxygen atoms in total. The molecule has 2 aromatic carbocycles. The van der Waals surface area contributed by atoms with Crippen LogP contribution in [0.3, 0.4) is 0 Å². The van der Waals surface area contributed by atoms with Crippen molar-refractivity contribution in [2.24, 2.45) is 0 Å². The highest BCUT2D eigenvalue weighted by Crippen LogP contribution is 2.15. The summed E-state index contributed by atoms with van der Waals surface area (Å²) in [4.78, 5) is 11.7. The molecule has 1 N–H and O–H groups in total. The quantitative estimate of drug-likeness (QED) is 0.812. The van der Waals surface area contributed by atoms with Gasteiger partial charge in [-0.1, -0.05) is 42.5 Å². The summed E-state index contributed by atoms with van der Waals surface area (Å²) in [5.74, 6) is 1.04. The maximum absolute atomic E-state index is 13.3. The SMILES string of the molecule is O=C(CCSCc1ccccc1)Nc1ccccc1F. The smallest absolute Gasteiger partial charge is 0.225 e. The molecule has 1 amide bonds. The lowest BCUT2D eigenvalue weighted by Crippen LogP contribution is -2.13. The second-order valence-corrected chi connectivity index (χ2v) is 5.42. The van der Waals surface area contributed by atoms with Gasteiger partial charge in [-0.25, -0.2) is 4.39 Å². The van der Waals surface area contributed by atoms with Crippen LogP contribution in [0.15, 0.2) is 54.6 Å². The molecule has 20 heavy (non-hydrogen) atoms. The summed E-state index contributed by atoms with van der Waals surface area (Å²) in [6.07, 6.45) is 0.381. The first kappa shape index (κ1) is 14.6. The van der Waals surface area contributed by atoms with E-state index in [0.717, 1.165) is 11.5 Å². The molecule has 0 bridgehead atoms. The second kappa shape index (κ2) is 7.70. The predicted octanol–water partition coefficient (Wildman–Crippen LogP) is 4.09. The fraction of sp³-hybridized carbons (Fsp3) is 0.188. The summed E-state index contributed by atoms with van der Waals surface area (Å²) in [6, 6.07) is 16.3. The third-order valence-corrected chi connectivity index (χ3v) is 3.76. The van der Waals surface area contributed by atoms with Gasteiger partial charge in [0.1, 0.15) is 5.82 Å². The Morgan fingerprint density at radius 2 is 1.75 bits per heavy atom. The molecule has 2 aromatic rings. The molecule has 104 valence electrons. The van der Waals surface area contributed by atoms with Crippen molar-refractivity contribution in [1.29, 1.82) is 0 Å². The first-order chi connectivity index (χ1) is 9.75. The lowest BCUT2D eigenvalue weighted by Gasteiger charge is -2.06. The molecule has 0 aliphatic heterocycles. The Hall–Kier alpha value is -1.81. The van der Waals surface area contributed by atoms with E-state index in [-0.39, 0.29) is 11.6 Å². The molecule has 0 atom stereocenters. The van der Waals surface area contributed by atoms with Gasteiger partial charge in [-0.05, 0) is 17.7 Å². The van der Waals surface area contributed by atoms with Gasteiger partial charge in [0.05, 0.1) is 5.69 Å². The van der Waals surface area contributed by atoms with Crippen molar-refractivity contribution >= 4 is 23.4 Å². The van der Waals surface area contributed by atoms with Crippen LogP contribution in [-0.2, 0) is 10.5 Å². The Balaban J connectivity index is 1.69. The average molecular weight is 289 g/mol. The zero-order chi connectivity index (χ0) is 14.2. The lowest BCUT2D eigenvalue weighted by molar-refractivity contribution is -0.115. The summed E-state index contributed by atoms with van der Waals surface area (Å²) < 4.78 is 13.3. The monoisotopic (exact) mass is 289 g/mol. The molecule has 0 saturated heterocycles. The van der Waals surface area contributed by atoms with Crippen LogP contribution in [0.1, 0.15) is 12.0 Å². The zero-order valence-electron chi connectivity index (χ0n) is 11.0. The molecule has 0 fully saturated rings. The molecular formula is C16H16FNOS. The van der Waals surface area contributed by atoms with E-state index in [0.29, 0.717) is 6.42 Å². The number of carbonyl (C=O) groups is 1. The highest BCUT2D eigenvalue weighted by Gasteiger charge is 2.05. The standard InChI is InChI=1S/C16H16FNOS/c17-14-8-4-5-9-15(14)18-16(19)10-11-20-12-13-6-2-1-3-7-13/h1-9H,10-12H2,(H,18,19). The molecule has 0 aliphatic carbocycles. The topological polar surface area (TPSA) is 29.1 Å². The van der Waals surface area contributed by atoms with Gasteiger partial charge >= 0.3 is 0 Å². The van der Waals surface area contributed by atoms with Crippen LogP contribution in [0.5, 0.6) is 0 Å². The van der Waals surface area contributed by atoms with Crippen LogP contribution >= 0.6 is 11.8 Å². The van der Waals surface area contributed by atoms with Crippen LogP contribution in [0, 0.1) is 5.82 Å².